The third-order valence-electron chi connectivity index (χ3n) is 1.82. The molecule has 0 saturated carbocycles. The number of hydrogen-bond donors (Lipinski definition) is 5. The van der Waals surface area contributed by atoms with Crippen molar-refractivity contribution in [3.8, 4) is 0 Å². The summed E-state index contributed by atoms with van der Waals surface area (Å²) in [4.78, 5) is 36.3. The zero-order chi connectivity index (χ0) is 11.0. The van der Waals surface area contributed by atoms with Crippen LogP contribution in [0.1, 0.15) is 0 Å². The molecule has 1 saturated heterocycles. The molecule has 0 spiro atoms. The van der Waals surface area contributed by atoms with Gasteiger partial charge in [-0.1, -0.05) is 0 Å². The Kier molecular flexibility index (Phi) is 3.51. The van der Waals surface area contributed by atoms with Gasteiger partial charge in [0.25, 0.3) is 0 Å². The van der Waals surface area contributed by atoms with Gasteiger partial charge in [-0.2, -0.15) is 0 Å². The van der Waals surface area contributed by atoms with E-state index in [1.807, 2.05) is 0 Å². The first-order valence-corrected chi connectivity index (χ1v) is 7.14. The smallest absolute Gasteiger partial charge is 0.323 e. The molecule has 5 N–H and O–H groups in total. The quantitative estimate of drug-likeness (QED) is 0.380. The molecular weight excluding hydrogens is 234 g/mol. The highest BCUT2D eigenvalue weighted by Gasteiger charge is 2.48. The van der Waals surface area contributed by atoms with Crippen molar-refractivity contribution in [2.45, 2.75) is 5.52 Å². The van der Waals surface area contributed by atoms with Gasteiger partial charge in [-0.05, 0) is 0 Å². The predicted octanol–water partition coefficient (Wildman–Crippen LogP) is -1.51. The number of hydrogen-bond acceptors (Lipinski definition) is 4. The number of nitrogens with one attached hydrogen (secondary N) is 1. The summed E-state index contributed by atoms with van der Waals surface area (Å²) < 4.78 is 21.8. The van der Waals surface area contributed by atoms with Crippen LogP contribution < -0.4 is 5.32 Å². The zero-order valence-corrected chi connectivity index (χ0v) is 8.93. The highest BCUT2D eigenvalue weighted by atomic mass is 31.2. The SMILES string of the molecule is O=P(O)(O)C(N1CCNC1)P(=O)(O)O. The summed E-state index contributed by atoms with van der Waals surface area (Å²) in [5.41, 5.74) is -2.02. The minimum absolute atomic E-state index is 0.0703. The van der Waals surface area contributed by atoms with Gasteiger partial charge in [-0.3, -0.25) is 14.0 Å². The molecule has 0 radical (unpaired) electrons. The van der Waals surface area contributed by atoms with Crippen LogP contribution in [-0.2, 0) is 9.13 Å². The molecule has 84 valence electrons. The molecule has 10 heteroatoms. The summed E-state index contributed by atoms with van der Waals surface area (Å²) >= 11 is 0. The highest BCUT2D eigenvalue weighted by Crippen LogP contribution is 2.61. The third-order valence-corrected chi connectivity index (χ3v) is 5.48. The second-order valence-electron chi connectivity index (χ2n) is 3.00. The average molecular weight is 246 g/mol. The largest absolute Gasteiger partial charge is 0.355 e. The molecule has 0 unspecified atom stereocenters. The molecule has 1 heterocycles. The first-order chi connectivity index (χ1) is 6.23. The fraction of sp³-hybridized carbons (Fsp3) is 1.00. The van der Waals surface area contributed by atoms with Crippen LogP contribution in [0.4, 0.5) is 0 Å². The van der Waals surface area contributed by atoms with Crippen LogP contribution in [0, 0.1) is 0 Å². The zero-order valence-electron chi connectivity index (χ0n) is 7.15. The molecule has 0 amide bonds. The maximum Gasteiger partial charge on any atom is 0.355 e. The molecule has 0 aromatic carbocycles. The van der Waals surface area contributed by atoms with Crippen molar-refractivity contribution in [1.29, 1.82) is 0 Å². The van der Waals surface area contributed by atoms with Gasteiger partial charge in [0, 0.05) is 19.8 Å². The van der Waals surface area contributed by atoms with Crippen molar-refractivity contribution in [3.05, 3.63) is 0 Å². The molecule has 1 aliphatic rings. The van der Waals surface area contributed by atoms with Crippen molar-refractivity contribution in [1.82, 2.24) is 10.2 Å². The highest BCUT2D eigenvalue weighted by molar-refractivity contribution is 7.70. The van der Waals surface area contributed by atoms with Crippen LogP contribution in [0.25, 0.3) is 0 Å². The average Bonchev–Trinajstić information content (AvgIpc) is 2.31. The molecule has 1 fully saturated rings. The lowest BCUT2D eigenvalue weighted by Crippen LogP contribution is -2.34. The Morgan fingerprint density at radius 3 is 1.93 bits per heavy atom. The van der Waals surface area contributed by atoms with Crippen LogP contribution in [0.2, 0.25) is 0 Å². The first-order valence-electron chi connectivity index (χ1n) is 3.78. The van der Waals surface area contributed by atoms with Gasteiger partial charge in [-0.15, -0.1) is 0 Å². The molecule has 0 bridgehead atoms. The maximum atomic E-state index is 10.9. The van der Waals surface area contributed by atoms with E-state index < -0.39 is 20.7 Å². The van der Waals surface area contributed by atoms with Crippen molar-refractivity contribution in [2.75, 3.05) is 19.8 Å². The van der Waals surface area contributed by atoms with E-state index in [2.05, 4.69) is 5.32 Å². The Hall–Kier alpha value is 0.220. The summed E-state index contributed by atoms with van der Waals surface area (Å²) in [5.74, 6) is 0. The molecule has 1 rings (SSSR count). The Bertz CT molecular complexity index is 268. The maximum absolute atomic E-state index is 10.9. The number of rotatable bonds is 3. The second-order valence-corrected chi connectivity index (χ2v) is 6.74. The van der Waals surface area contributed by atoms with E-state index in [4.69, 9.17) is 19.6 Å². The van der Waals surface area contributed by atoms with Crippen molar-refractivity contribution < 1.29 is 28.7 Å². The summed E-state index contributed by atoms with van der Waals surface area (Å²) in [6.07, 6.45) is 0. The third kappa shape index (κ3) is 2.85. The molecule has 0 aromatic heterocycles. The predicted molar refractivity (Wildman–Crippen MR) is 47.5 cm³/mol. The second kappa shape index (κ2) is 4.00. The van der Waals surface area contributed by atoms with E-state index in [1.54, 1.807) is 0 Å². The van der Waals surface area contributed by atoms with Gasteiger partial charge in [-0.25, -0.2) is 0 Å². The van der Waals surface area contributed by atoms with Gasteiger partial charge in [0.2, 0.25) is 5.52 Å². The summed E-state index contributed by atoms with van der Waals surface area (Å²) in [5, 5.41) is 2.74. The van der Waals surface area contributed by atoms with Gasteiger partial charge in [0.15, 0.2) is 0 Å². The van der Waals surface area contributed by atoms with Crippen molar-refractivity contribution >= 4 is 15.2 Å². The molecule has 1 aliphatic heterocycles. The number of nitrogens with zero attached hydrogens (tertiary/aromatic N) is 1. The van der Waals surface area contributed by atoms with E-state index in [0.717, 1.165) is 4.90 Å². The standard InChI is InChI=1S/C4H12N2O6P2/c7-13(8,9)4(14(10,11)12)6-2-1-5-3-6/h4-5H,1-3H2,(H2,7,8,9)(H2,10,11,12). The minimum Gasteiger partial charge on any atom is -0.323 e. The molecule has 0 aliphatic carbocycles. The first kappa shape index (κ1) is 12.3. The van der Waals surface area contributed by atoms with Gasteiger partial charge < -0.3 is 24.9 Å². The van der Waals surface area contributed by atoms with E-state index in [-0.39, 0.29) is 13.2 Å². The normalized spacial score (nSPS) is 20.6. The minimum atomic E-state index is -4.82. The topological polar surface area (TPSA) is 130 Å². The van der Waals surface area contributed by atoms with Gasteiger partial charge in [0.1, 0.15) is 0 Å². The fourth-order valence-corrected chi connectivity index (χ4v) is 4.16. The van der Waals surface area contributed by atoms with Gasteiger partial charge >= 0.3 is 15.2 Å². The van der Waals surface area contributed by atoms with Crippen LogP contribution >= 0.6 is 15.2 Å². The lowest BCUT2D eigenvalue weighted by molar-refractivity contribution is 0.254. The Morgan fingerprint density at radius 1 is 1.14 bits per heavy atom. The Labute approximate surface area is 80.2 Å². The monoisotopic (exact) mass is 246 g/mol. The van der Waals surface area contributed by atoms with Crippen LogP contribution in [0.3, 0.4) is 0 Å². The Morgan fingerprint density at radius 2 is 1.64 bits per heavy atom. The molecule has 14 heavy (non-hydrogen) atoms. The van der Waals surface area contributed by atoms with E-state index in [9.17, 15) is 9.13 Å². The summed E-state index contributed by atoms with van der Waals surface area (Å²) in [6.45, 7) is 0.734. The lowest BCUT2D eigenvalue weighted by atomic mass is 10.7. The molecule has 0 aromatic rings. The van der Waals surface area contributed by atoms with E-state index in [1.165, 1.54) is 0 Å². The van der Waals surface area contributed by atoms with Crippen LogP contribution in [-0.4, -0.2) is 49.8 Å². The van der Waals surface area contributed by atoms with Crippen LogP contribution in [0.5, 0.6) is 0 Å². The Balaban J connectivity index is 2.93. The van der Waals surface area contributed by atoms with Gasteiger partial charge in [0.05, 0.1) is 0 Å². The molecule has 0 atom stereocenters. The van der Waals surface area contributed by atoms with Crippen molar-refractivity contribution in [3.63, 3.8) is 0 Å². The summed E-state index contributed by atoms with van der Waals surface area (Å²) in [7, 11) is -9.65. The lowest BCUT2D eigenvalue weighted by Gasteiger charge is -2.27. The van der Waals surface area contributed by atoms with E-state index >= 15 is 0 Å². The molecular formula is C4H12N2O6P2. The molecule has 8 nitrogen and oxygen atoms in total. The van der Waals surface area contributed by atoms with Crippen molar-refractivity contribution in [2.24, 2.45) is 0 Å². The van der Waals surface area contributed by atoms with E-state index in [0.29, 0.717) is 6.54 Å². The van der Waals surface area contributed by atoms with Crippen LogP contribution in [0.15, 0.2) is 0 Å². The fourth-order valence-electron chi connectivity index (χ4n) is 1.34. The summed E-state index contributed by atoms with van der Waals surface area (Å²) in [6, 6.07) is 0.